The van der Waals surface area contributed by atoms with Gasteiger partial charge in [0.2, 0.25) is 5.91 Å². The van der Waals surface area contributed by atoms with Gasteiger partial charge in [0.1, 0.15) is 0 Å². The van der Waals surface area contributed by atoms with Gasteiger partial charge in [-0.05, 0) is 24.3 Å². The molecule has 0 atom stereocenters. The Kier molecular flexibility index (Phi) is 6.52. The van der Waals surface area contributed by atoms with E-state index in [9.17, 15) is 9.59 Å². The van der Waals surface area contributed by atoms with E-state index in [1.165, 1.54) is 7.11 Å². The van der Waals surface area contributed by atoms with Crippen LogP contribution in [0, 0.1) is 0 Å². The lowest BCUT2D eigenvalue weighted by Crippen LogP contribution is -2.27. The molecule has 0 aliphatic carbocycles. The monoisotopic (exact) mass is 279 g/mol. The van der Waals surface area contributed by atoms with Crippen molar-refractivity contribution in [2.24, 2.45) is 0 Å². The van der Waals surface area contributed by atoms with Gasteiger partial charge >= 0.3 is 6.09 Å². The highest BCUT2D eigenvalue weighted by molar-refractivity contribution is 5.91. The van der Waals surface area contributed by atoms with Gasteiger partial charge in [-0.3, -0.25) is 10.1 Å². The first kappa shape index (κ1) is 16.0. The summed E-state index contributed by atoms with van der Waals surface area (Å²) >= 11 is 0. The third-order valence-corrected chi connectivity index (χ3v) is 2.51. The molecule has 0 saturated heterocycles. The second-order valence-corrected chi connectivity index (χ2v) is 4.60. The molecule has 6 heteroatoms. The molecule has 0 heterocycles. The smallest absolute Gasteiger partial charge is 0.411 e. The summed E-state index contributed by atoms with van der Waals surface area (Å²) in [5.74, 6) is -0.0492. The molecule has 20 heavy (non-hydrogen) atoms. The molecule has 1 aromatic rings. The van der Waals surface area contributed by atoms with Crippen molar-refractivity contribution in [3.05, 3.63) is 24.3 Å². The van der Waals surface area contributed by atoms with Crippen molar-refractivity contribution in [2.45, 2.75) is 26.3 Å². The summed E-state index contributed by atoms with van der Waals surface area (Å²) in [6, 6.07) is 7.20. The molecule has 0 fully saturated rings. The predicted octanol–water partition coefficient (Wildman–Crippen LogP) is 2.19. The Morgan fingerprint density at radius 1 is 1.10 bits per heavy atom. The van der Waals surface area contributed by atoms with Crippen LogP contribution in [0.25, 0.3) is 0 Å². The average molecular weight is 279 g/mol. The Morgan fingerprint density at radius 3 is 2.15 bits per heavy atom. The lowest BCUT2D eigenvalue weighted by Gasteiger charge is -2.09. The predicted molar refractivity (Wildman–Crippen MR) is 78.9 cm³/mol. The van der Waals surface area contributed by atoms with Crippen molar-refractivity contribution in [3.63, 3.8) is 0 Å². The summed E-state index contributed by atoms with van der Waals surface area (Å²) in [7, 11) is 1.30. The first-order valence-corrected chi connectivity index (χ1v) is 6.49. The molecule has 0 saturated carbocycles. The lowest BCUT2D eigenvalue weighted by molar-refractivity contribution is -0.116. The number of rotatable bonds is 6. The van der Waals surface area contributed by atoms with E-state index in [1.807, 2.05) is 13.8 Å². The standard InChI is InChI=1S/C14H21N3O3/c1-10(2)15-9-8-13(18)16-11-4-6-12(7-5-11)17-14(19)20-3/h4-7,10,15H,8-9H2,1-3H3,(H,16,18)(H,17,19). The first-order valence-electron chi connectivity index (χ1n) is 6.49. The zero-order valence-electron chi connectivity index (χ0n) is 12.0. The maximum absolute atomic E-state index is 11.7. The zero-order valence-corrected chi connectivity index (χ0v) is 12.0. The van der Waals surface area contributed by atoms with Crippen molar-refractivity contribution in [2.75, 3.05) is 24.3 Å². The van der Waals surface area contributed by atoms with Gasteiger partial charge in [-0.15, -0.1) is 0 Å². The third kappa shape index (κ3) is 6.19. The van der Waals surface area contributed by atoms with Crippen LogP contribution in [0.2, 0.25) is 0 Å². The Labute approximate surface area is 118 Å². The normalized spacial score (nSPS) is 10.2. The number of carbonyl (C=O) groups is 2. The number of amides is 2. The van der Waals surface area contributed by atoms with Crippen LogP contribution in [0.1, 0.15) is 20.3 Å². The minimum Gasteiger partial charge on any atom is -0.453 e. The highest BCUT2D eigenvalue weighted by Crippen LogP contribution is 2.13. The topological polar surface area (TPSA) is 79.5 Å². The van der Waals surface area contributed by atoms with Gasteiger partial charge in [-0.25, -0.2) is 4.79 Å². The fraction of sp³-hybridized carbons (Fsp3) is 0.429. The average Bonchev–Trinajstić information content (AvgIpc) is 2.40. The van der Waals surface area contributed by atoms with Crippen LogP contribution in [0.15, 0.2) is 24.3 Å². The molecule has 0 spiro atoms. The van der Waals surface area contributed by atoms with E-state index in [2.05, 4.69) is 20.7 Å². The van der Waals surface area contributed by atoms with Crippen LogP contribution in [-0.2, 0) is 9.53 Å². The largest absolute Gasteiger partial charge is 0.453 e. The lowest BCUT2D eigenvalue weighted by atomic mass is 10.2. The minimum absolute atomic E-state index is 0.0492. The van der Waals surface area contributed by atoms with E-state index in [0.717, 1.165) is 0 Å². The van der Waals surface area contributed by atoms with Crippen molar-refractivity contribution in [3.8, 4) is 0 Å². The third-order valence-electron chi connectivity index (χ3n) is 2.51. The van der Waals surface area contributed by atoms with Crippen LogP contribution < -0.4 is 16.0 Å². The van der Waals surface area contributed by atoms with Gasteiger partial charge in [-0.2, -0.15) is 0 Å². The summed E-state index contributed by atoms with van der Waals surface area (Å²) in [5, 5.41) is 8.50. The molecule has 0 radical (unpaired) electrons. The number of carbonyl (C=O) groups excluding carboxylic acids is 2. The second kappa shape index (κ2) is 8.16. The highest BCUT2D eigenvalue weighted by Gasteiger charge is 2.04. The minimum atomic E-state index is -0.526. The summed E-state index contributed by atoms with van der Waals surface area (Å²) in [4.78, 5) is 22.7. The van der Waals surface area contributed by atoms with Gasteiger partial charge < -0.3 is 15.4 Å². The number of ether oxygens (including phenoxy) is 1. The molecule has 110 valence electrons. The Balaban J connectivity index is 2.40. The van der Waals surface area contributed by atoms with E-state index < -0.39 is 6.09 Å². The second-order valence-electron chi connectivity index (χ2n) is 4.60. The molecule has 0 aromatic heterocycles. The molecule has 0 unspecified atom stereocenters. The highest BCUT2D eigenvalue weighted by atomic mass is 16.5. The molecule has 6 nitrogen and oxygen atoms in total. The first-order chi connectivity index (χ1) is 9.51. The van der Waals surface area contributed by atoms with Crippen LogP contribution in [-0.4, -0.2) is 31.7 Å². The molecule has 0 aliphatic rings. The van der Waals surface area contributed by atoms with Crippen molar-refractivity contribution < 1.29 is 14.3 Å². The number of benzene rings is 1. The summed E-state index contributed by atoms with van der Waals surface area (Å²) in [6.07, 6.45) is -0.109. The van der Waals surface area contributed by atoms with Crippen molar-refractivity contribution in [1.29, 1.82) is 0 Å². The molecule has 1 rings (SSSR count). The molecule has 0 aliphatic heterocycles. The van der Waals surface area contributed by atoms with Crippen LogP contribution >= 0.6 is 0 Å². The maximum Gasteiger partial charge on any atom is 0.411 e. The molecule has 3 N–H and O–H groups in total. The van der Waals surface area contributed by atoms with Gasteiger partial charge in [0.15, 0.2) is 0 Å². The number of hydrogen-bond donors (Lipinski definition) is 3. The summed E-state index contributed by atoms with van der Waals surface area (Å²) in [5.41, 5.74) is 1.30. The molecule has 2 amide bonds. The van der Waals surface area contributed by atoms with E-state index in [1.54, 1.807) is 24.3 Å². The maximum atomic E-state index is 11.7. The van der Waals surface area contributed by atoms with Crippen LogP contribution in [0.3, 0.4) is 0 Å². The van der Waals surface area contributed by atoms with E-state index in [-0.39, 0.29) is 5.91 Å². The molecular weight excluding hydrogens is 258 g/mol. The summed E-state index contributed by atoms with van der Waals surface area (Å²) in [6.45, 7) is 4.71. The van der Waals surface area contributed by atoms with Crippen LogP contribution in [0.5, 0.6) is 0 Å². The fourth-order valence-corrected chi connectivity index (χ4v) is 1.50. The summed E-state index contributed by atoms with van der Waals surface area (Å²) < 4.78 is 4.49. The van der Waals surface area contributed by atoms with Crippen LogP contribution in [0.4, 0.5) is 16.2 Å². The Hall–Kier alpha value is -2.08. The Bertz CT molecular complexity index is 443. The van der Waals surface area contributed by atoms with Gasteiger partial charge in [0, 0.05) is 30.4 Å². The van der Waals surface area contributed by atoms with Gasteiger partial charge in [0.25, 0.3) is 0 Å². The van der Waals surface area contributed by atoms with Gasteiger partial charge in [0.05, 0.1) is 7.11 Å². The number of hydrogen-bond acceptors (Lipinski definition) is 4. The molecule has 0 bridgehead atoms. The SMILES string of the molecule is COC(=O)Nc1ccc(NC(=O)CCNC(C)C)cc1. The fourth-order valence-electron chi connectivity index (χ4n) is 1.50. The van der Waals surface area contributed by atoms with E-state index in [4.69, 9.17) is 0 Å². The number of methoxy groups -OCH3 is 1. The van der Waals surface area contributed by atoms with E-state index >= 15 is 0 Å². The Morgan fingerprint density at radius 2 is 1.65 bits per heavy atom. The number of anilines is 2. The molecular formula is C14H21N3O3. The van der Waals surface area contributed by atoms with Gasteiger partial charge in [-0.1, -0.05) is 13.8 Å². The van der Waals surface area contributed by atoms with Crippen molar-refractivity contribution in [1.82, 2.24) is 5.32 Å². The van der Waals surface area contributed by atoms with E-state index in [0.29, 0.717) is 30.4 Å². The molecule has 1 aromatic carbocycles. The zero-order chi connectivity index (χ0) is 15.0. The quantitative estimate of drug-likeness (QED) is 0.745. The number of nitrogens with one attached hydrogen (secondary N) is 3. The van der Waals surface area contributed by atoms with Crippen molar-refractivity contribution >= 4 is 23.4 Å².